The molecule has 1 atom stereocenters. The molecule has 5 heteroatoms. The van der Waals surface area contributed by atoms with Gasteiger partial charge in [-0.15, -0.1) is 0 Å². The minimum absolute atomic E-state index is 0.0520. The molecule has 2 N–H and O–H groups in total. The van der Waals surface area contributed by atoms with Crippen molar-refractivity contribution in [3.63, 3.8) is 0 Å². The predicted octanol–water partition coefficient (Wildman–Crippen LogP) is 3.28. The molecule has 0 radical (unpaired) electrons. The quantitative estimate of drug-likeness (QED) is 0.887. The first-order valence-corrected chi connectivity index (χ1v) is 9.34. The zero-order chi connectivity index (χ0) is 19.1. The van der Waals surface area contributed by atoms with E-state index >= 15 is 0 Å². The summed E-state index contributed by atoms with van der Waals surface area (Å²) in [5, 5.41) is 4.03. The lowest BCUT2D eigenvalue weighted by Crippen LogP contribution is -2.46. The van der Waals surface area contributed by atoms with Crippen molar-refractivity contribution in [2.45, 2.75) is 52.5 Å². The van der Waals surface area contributed by atoms with Crippen molar-refractivity contribution in [1.82, 2.24) is 15.2 Å². The monoisotopic (exact) mass is 355 g/mol. The SMILES string of the molecule is CC1CCc2[nH]c3ccc(C(=O)N(C)CC(=O)NC(C)(C)C)cc3c2C1. The fourth-order valence-electron chi connectivity index (χ4n) is 3.69. The minimum Gasteiger partial charge on any atom is -0.358 e. The summed E-state index contributed by atoms with van der Waals surface area (Å²) < 4.78 is 0. The molecule has 0 bridgehead atoms. The van der Waals surface area contributed by atoms with E-state index in [4.69, 9.17) is 0 Å². The van der Waals surface area contributed by atoms with Gasteiger partial charge in [-0.3, -0.25) is 9.59 Å². The molecule has 0 saturated carbocycles. The summed E-state index contributed by atoms with van der Waals surface area (Å²) in [6, 6.07) is 5.80. The number of carbonyl (C=O) groups excluding carboxylic acids is 2. The molecule has 3 rings (SSSR count). The Balaban J connectivity index is 1.80. The molecule has 0 aliphatic heterocycles. The Morgan fingerprint density at radius 3 is 2.73 bits per heavy atom. The van der Waals surface area contributed by atoms with E-state index in [2.05, 4.69) is 17.2 Å². The van der Waals surface area contributed by atoms with E-state index < -0.39 is 0 Å². The number of carbonyl (C=O) groups is 2. The fourth-order valence-corrected chi connectivity index (χ4v) is 3.69. The number of amides is 2. The lowest BCUT2D eigenvalue weighted by atomic mass is 9.87. The highest BCUT2D eigenvalue weighted by Crippen LogP contribution is 2.32. The standard InChI is InChI=1S/C21H29N3O2/c1-13-6-8-17-15(10-13)16-11-14(7-9-18(16)22-17)20(26)24(5)12-19(25)23-21(2,3)4/h7,9,11,13,22H,6,8,10,12H2,1-5H3,(H,23,25). The molecule has 2 amide bonds. The van der Waals surface area contributed by atoms with Gasteiger partial charge >= 0.3 is 0 Å². The Kier molecular flexibility index (Phi) is 4.82. The van der Waals surface area contributed by atoms with Crippen molar-refractivity contribution in [1.29, 1.82) is 0 Å². The molecule has 0 fully saturated rings. The fraction of sp³-hybridized carbons (Fsp3) is 0.524. The summed E-state index contributed by atoms with van der Waals surface area (Å²) in [6.07, 6.45) is 3.33. The van der Waals surface area contributed by atoms with Crippen LogP contribution in [0.1, 0.15) is 55.7 Å². The maximum atomic E-state index is 12.8. The van der Waals surface area contributed by atoms with Crippen LogP contribution in [0.15, 0.2) is 18.2 Å². The Morgan fingerprint density at radius 1 is 1.31 bits per heavy atom. The molecule has 1 aromatic heterocycles. The summed E-state index contributed by atoms with van der Waals surface area (Å²) in [5.74, 6) is 0.390. The zero-order valence-corrected chi connectivity index (χ0v) is 16.4. The first kappa shape index (κ1) is 18.5. The van der Waals surface area contributed by atoms with E-state index in [1.807, 2.05) is 39.0 Å². The van der Waals surface area contributed by atoms with Crippen LogP contribution in [0.4, 0.5) is 0 Å². The van der Waals surface area contributed by atoms with Gasteiger partial charge in [0.15, 0.2) is 0 Å². The number of aromatic amines is 1. The largest absolute Gasteiger partial charge is 0.358 e. The minimum atomic E-state index is -0.305. The van der Waals surface area contributed by atoms with Gasteiger partial charge in [0.1, 0.15) is 0 Å². The van der Waals surface area contributed by atoms with Crippen molar-refractivity contribution < 1.29 is 9.59 Å². The van der Waals surface area contributed by atoms with Crippen LogP contribution >= 0.6 is 0 Å². The smallest absolute Gasteiger partial charge is 0.254 e. The Bertz CT molecular complexity index is 845. The van der Waals surface area contributed by atoms with Crippen molar-refractivity contribution in [2.24, 2.45) is 5.92 Å². The van der Waals surface area contributed by atoms with Gasteiger partial charge < -0.3 is 15.2 Å². The second-order valence-electron chi connectivity index (χ2n) is 8.65. The van der Waals surface area contributed by atoms with Crippen molar-refractivity contribution in [3.05, 3.63) is 35.0 Å². The Labute approximate surface area is 155 Å². The first-order chi connectivity index (χ1) is 12.1. The third kappa shape index (κ3) is 3.92. The second kappa shape index (κ2) is 6.78. The maximum Gasteiger partial charge on any atom is 0.254 e. The van der Waals surface area contributed by atoms with Crippen LogP contribution in [0.25, 0.3) is 10.9 Å². The van der Waals surface area contributed by atoms with Crippen molar-refractivity contribution in [3.8, 4) is 0 Å². The summed E-state index contributed by atoms with van der Waals surface area (Å²) in [5.41, 5.74) is 4.07. The number of aromatic nitrogens is 1. The molecule has 2 aromatic rings. The van der Waals surface area contributed by atoms with Crippen molar-refractivity contribution in [2.75, 3.05) is 13.6 Å². The van der Waals surface area contributed by atoms with Gasteiger partial charge in [0, 0.05) is 34.7 Å². The number of fused-ring (bicyclic) bond motifs is 3. The highest BCUT2D eigenvalue weighted by Gasteiger charge is 2.22. The molecule has 26 heavy (non-hydrogen) atoms. The lowest BCUT2D eigenvalue weighted by Gasteiger charge is -2.23. The molecule has 5 nitrogen and oxygen atoms in total. The van der Waals surface area contributed by atoms with Crippen LogP contribution in [-0.4, -0.2) is 40.8 Å². The number of likely N-dealkylation sites (N-methyl/N-ethyl adjacent to an activating group) is 1. The normalized spacial score (nSPS) is 17.0. The van der Waals surface area contributed by atoms with Gasteiger partial charge in [-0.1, -0.05) is 6.92 Å². The van der Waals surface area contributed by atoms with Gasteiger partial charge in [-0.05, 0) is 69.7 Å². The average molecular weight is 355 g/mol. The van der Waals surface area contributed by atoms with E-state index in [0.29, 0.717) is 11.5 Å². The number of nitrogens with zero attached hydrogens (tertiary/aromatic N) is 1. The molecule has 1 unspecified atom stereocenters. The summed E-state index contributed by atoms with van der Waals surface area (Å²) in [7, 11) is 1.67. The Morgan fingerprint density at radius 2 is 2.04 bits per heavy atom. The third-order valence-corrected chi connectivity index (χ3v) is 4.92. The van der Waals surface area contributed by atoms with Crippen LogP contribution in [0.3, 0.4) is 0 Å². The maximum absolute atomic E-state index is 12.8. The Hall–Kier alpha value is -2.30. The summed E-state index contributed by atoms with van der Waals surface area (Å²) in [6.45, 7) is 8.11. The molecular formula is C21H29N3O2. The van der Waals surface area contributed by atoms with Crippen LogP contribution in [-0.2, 0) is 17.6 Å². The molecular weight excluding hydrogens is 326 g/mol. The third-order valence-electron chi connectivity index (χ3n) is 4.92. The van der Waals surface area contributed by atoms with Crippen LogP contribution in [0.2, 0.25) is 0 Å². The summed E-state index contributed by atoms with van der Waals surface area (Å²) >= 11 is 0. The summed E-state index contributed by atoms with van der Waals surface area (Å²) in [4.78, 5) is 29.9. The highest BCUT2D eigenvalue weighted by molar-refractivity contribution is 6.00. The van der Waals surface area contributed by atoms with Gasteiger partial charge in [0.05, 0.1) is 6.54 Å². The van der Waals surface area contributed by atoms with E-state index in [1.54, 1.807) is 7.05 Å². The number of benzene rings is 1. The number of nitrogens with one attached hydrogen (secondary N) is 2. The molecule has 140 valence electrons. The number of rotatable bonds is 3. The molecule has 1 aromatic carbocycles. The molecule has 0 spiro atoms. The van der Waals surface area contributed by atoms with E-state index in [1.165, 1.54) is 22.6 Å². The highest BCUT2D eigenvalue weighted by atomic mass is 16.2. The lowest BCUT2D eigenvalue weighted by molar-refractivity contribution is -0.122. The van der Waals surface area contributed by atoms with Crippen LogP contribution < -0.4 is 5.32 Å². The number of hydrogen-bond donors (Lipinski definition) is 2. The average Bonchev–Trinajstić information content (AvgIpc) is 2.89. The van der Waals surface area contributed by atoms with Gasteiger partial charge in [0.25, 0.3) is 5.91 Å². The molecule has 1 aliphatic rings. The molecule has 1 heterocycles. The van der Waals surface area contributed by atoms with Gasteiger partial charge in [-0.25, -0.2) is 0 Å². The van der Waals surface area contributed by atoms with Gasteiger partial charge in [-0.2, -0.15) is 0 Å². The van der Waals surface area contributed by atoms with Crippen LogP contribution in [0.5, 0.6) is 0 Å². The number of aryl methyl sites for hydroxylation is 1. The van der Waals surface area contributed by atoms with Gasteiger partial charge in [0.2, 0.25) is 5.91 Å². The van der Waals surface area contributed by atoms with E-state index in [0.717, 1.165) is 23.7 Å². The topological polar surface area (TPSA) is 65.2 Å². The van der Waals surface area contributed by atoms with Crippen molar-refractivity contribution >= 4 is 22.7 Å². The van der Waals surface area contributed by atoms with E-state index in [9.17, 15) is 9.59 Å². The first-order valence-electron chi connectivity index (χ1n) is 9.34. The molecule has 0 saturated heterocycles. The number of hydrogen-bond acceptors (Lipinski definition) is 2. The van der Waals surface area contributed by atoms with Crippen LogP contribution in [0, 0.1) is 5.92 Å². The second-order valence-corrected chi connectivity index (χ2v) is 8.65. The predicted molar refractivity (Wildman–Crippen MR) is 104 cm³/mol. The number of H-pyrrole nitrogens is 1. The zero-order valence-electron chi connectivity index (χ0n) is 16.4. The van der Waals surface area contributed by atoms with E-state index in [-0.39, 0.29) is 23.9 Å². The molecule has 1 aliphatic carbocycles.